The first kappa shape index (κ1) is 19.6. The summed E-state index contributed by atoms with van der Waals surface area (Å²) in [5, 5.41) is 1.15. The highest BCUT2D eigenvalue weighted by Gasteiger charge is 2.35. The van der Waals surface area contributed by atoms with Gasteiger partial charge in [0.2, 0.25) is 0 Å². The van der Waals surface area contributed by atoms with Gasteiger partial charge in [-0.25, -0.2) is 0 Å². The molecule has 1 aromatic heterocycles. The van der Waals surface area contributed by atoms with E-state index in [1.165, 1.54) is 11.3 Å². The van der Waals surface area contributed by atoms with Gasteiger partial charge >= 0.3 is 0 Å². The van der Waals surface area contributed by atoms with Crippen molar-refractivity contribution in [2.75, 3.05) is 11.4 Å². The monoisotopic (exact) mass is 385 g/mol. The summed E-state index contributed by atoms with van der Waals surface area (Å²) < 4.78 is 0. The molecule has 0 bridgehead atoms. The van der Waals surface area contributed by atoms with Crippen LogP contribution in [-0.2, 0) is 5.41 Å². The maximum Gasteiger partial charge on any atom is 0.138 e. The lowest BCUT2D eigenvalue weighted by atomic mass is 9.86. The van der Waals surface area contributed by atoms with Crippen molar-refractivity contribution in [3.8, 4) is 0 Å². The first-order valence-electron chi connectivity index (χ1n) is 10.4. The van der Waals surface area contributed by atoms with Crippen LogP contribution in [0.2, 0.25) is 0 Å². The minimum absolute atomic E-state index is 0.101. The summed E-state index contributed by atoms with van der Waals surface area (Å²) in [6.45, 7) is 14.5. The molecule has 3 nitrogen and oxygen atoms in total. The van der Waals surface area contributed by atoms with Crippen LogP contribution in [0.5, 0.6) is 0 Å². The Morgan fingerprint density at radius 3 is 2.21 bits per heavy atom. The number of para-hydroxylation sites is 1. The normalized spacial score (nSPS) is 17.7. The van der Waals surface area contributed by atoms with Crippen LogP contribution < -0.4 is 4.90 Å². The number of nitrogens with zero attached hydrogens (tertiary/aromatic N) is 3. The van der Waals surface area contributed by atoms with Crippen LogP contribution in [0.1, 0.15) is 52.7 Å². The van der Waals surface area contributed by atoms with Crippen LogP contribution >= 0.6 is 0 Å². The number of hydrogen-bond donors (Lipinski definition) is 0. The third-order valence-corrected chi connectivity index (χ3v) is 5.81. The fourth-order valence-corrected chi connectivity index (χ4v) is 3.85. The van der Waals surface area contributed by atoms with Crippen LogP contribution in [0, 0.1) is 5.41 Å². The van der Waals surface area contributed by atoms with Gasteiger partial charge in [0, 0.05) is 29.4 Å². The first-order chi connectivity index (χ1) is 13.6. The quantitative estimate of drug-likeness (QED) is 0.524. The van der Waals surface area contributed by atoms with Gasteiger partial charge in [-0.3, -0.25) is 9.98 Å². The minimum atomic E-state index is 0.101. The van der Waals surface area contributed by atoms with Gasteiger partial charge in [-0.2, -0.15) is 0 Å². The van der Waals surface area contributed by atoms with E-state index in [1.807, 2.05) is 12.3 Å². The lowest BCUT2D eigenvalue weighted by Gasteiger charge is -2.27. The summed E-state index contributed by atoms with van der Waals surface area (Å²) in [5.41, 5.74) is 4.90. The largest absolute Gasteiger partial charge is 0.324 e. The molecule has 150 valence electrons. The molecule has 3 aromatic rings. The molecule has 0 spiro atoms. The van der Waals surface area contributed by atoms with E-state index in [1.54, 1.807) is 0 Å². The highest BCUT2D eigenvalue weighted by Crippen LogP contribution is 2.34. The van der Waals surface area contributed by atoms with Crippen LogP contribution in [0.25, 0.3) is 10.9 Å². The van der Waals surface area contributed by atoms with Crippen molar-refractivity contribution in [2.24, 2.45) is 10.4 Å². The van der Waals surface area contributed by atoms with E-state index in [4.69, 9.17) is 4.99 Å². The molecule has 1 atom stereocenters. The number of aromatic nitrogens is 1. The molecule has 0 unspecified atom stereocenters. The maximum atomic E-state index is 5.21. The van der Waals surface area contributed by atoms with Gasteiger partial charge in [0.15, 0.2) is 0 Å². The van der Waals surface area contributed by atoms with Crippen LogP contribution in [0.15, 0.2) is 65.8 Å². The summed E-state index contributed by atoms with van der Waals surface area (Å²) in [7, 11) is 0. The van der Waals surface area contributed by atoms with Gasteiger partial charge in [0.25, 0.3) is 0 Å². The van der Waals surface area contributed by atoms with Crippen molar-refractivity contribution in [3.05, 3.63) is 71.9 Å². The summed E-state index contributed by atoms with van der Waals surface area (Å²) in [5.74, 6) is 1.03. The molecule has 29 heavy (non-hydrogen) atoms. The molecule has 0 saturated heterocycles. The molecule has 3 heteroatoms. The SMILES string of the molecule is CC(C)(C)c1ccc(N2C[C@H](C(C)(C)C)N=C2c2cccc3cccnc23)cc1. The van der Waals surface area contributed by atoms with Crippen molar-refractivity contribution in [1.29, 1.82) is 0 Å². The molecule has 1 aliphatic heterocycles. The molecule has 1 aliphatic rings. The van der Waals surface area contributed by atoms with E-state index in [-0.39, 0.29) is 16.9 Å². The Labute approximate surface area is 174 Å². The average Bonchev–Trinajstić information content (AvgIpc) is 3.12. The predicted molar refractivity (Wildman–Crippen MR) is 124 cm³/mol. The van der Waals surface area contributed by atoms with E-state index in [9.17, 15) is 0 Å². The number of benzene rings is 2. The zero-order valence-corrected chi connectivity index (χ0v) is 18.4. The summed E-state index contributed by atoms with van der Waals surface area (Å²) >= 11 is 0. The minimum Gasteiger partial charge on any atom is -0.324 e. The Bertz CT molecular complexity index is 1040. The van der Waals surface area contributed by atoms with Crippen LogP contribution in [0.4, 0.5) is 5.69 Å². The Kier molecular flexibility index (Phi) is 4.72. The Balaban J connectivity index is 1.82. The Morgan fingerprint density at radius 2 is 1.55 bits per heavy atom. The molecular weight excluding hydrogens is 354 g/mol. The van der Waals surface area contributed by atoms with Gasteiger partial charge in [-0.05, 0) is 40.7 Å². The van der Waals surface area contributed by atoms with Gasteiger partial charge in [0.1, 0.15) is 5.84 Å². The van der Waals surface area contributed by atoms with E-state index < -0.39 is 0 Å². The zero-order valence-electron chi connectivity index (χ0n) is 18.4. The molecule has 0 aliphatic carbocycles. The number of amidine groups is 1. The van der Waals surface area contributed by atoms with Crippen molar-refractivity contribution in [1.82, 2.24) is 4.98 Å². The maximum absolute atomic E-state index is 5.21. The van der Waals surface area contributed by atoms with E-state index in [2.05, 4.69) is 100.0 Å². The van der Waals surface area contributed by atoms with Crippen molar-refractivity contribution in [3.63, 3.8) is 0 Å². The van der Waals surface area contributed by atoms with Crippen molar-refractivity contribution < 1.29 is 0 Å². The Hall–Kier alpha value is -2.68. The second-order valence-electron chi connectivity index (χ2n) is 10.1. The molecule has 0 N–H and O–H groups in total. The molecule has 0 fully saturated rings. The third-order valence-electron chi connectivity index (χ3n) is 5.81. The third kappa shape index (κ3) is 3.78. The summed E-state index contributed by atoms with van der Waals surface area (Å²) in [6.07, 6.45) is 1.87. The first-order valence-corrected chi connectivity index (χ1v) is 10.4. The van der Waals surface area contributed by atoms with Crippen molar-refractivity contribution in [2.45, 2.75) is 53.0 Å². The molecule has 2 aromatic carbocycles. The van der Waals surface area contributed by atoms with Gasteiger partial charge in [0.05, 0.1) is 11.6 Å². The average molecular weight is 386 g/mol. The molecule has 0 radical (unpaired) electrons. The van der Waals surface area contributed by atoms with Gasteiger partial charge < -0.3 is 4.90 Å². The smallest absolute Gasteiger partial charge is 0.138 e. The summed E-state index contributed by atoms with van der Waals surface area (Å²) in [4.78, 5) is 12.3. The molecule has 2 heterocycles. The van der Waals surface area contributed by atoms with Gasteiger partial charge in [-0.1, -0.05) is 71.9 Å². The van der Waals surface area contributed by atoms with Crippen molar-refractivity contribution >= 4 is 22.4 Å². The molecule has 0 saturated carbocycles. The number of aliphatic imine (C=N–C) groups is 1. The van der Waals surface area contributed by atoms with Gasteiger partial charge in [-0.15, -0.1) is 0 Å². The fourth-order valence-electron chi connectivity index (χ4n) is 3.85. The lowest BCUT2D eigenvalue weighted by Crippen LogP contribution is -2.34. The Morgan fingerprint density at radius 1 is 0.862 bits per heavy atom. The van der Waals surface area contributed by atoms with E-state index >= 15 is 0 Å². The standard InChI is InChI=1S/C26H31N3/c1-25(2,3)19-12-14-20(15-13-19)29-17-22(26(4,5)6)28-24(29)21-11-7-9-18-10-8-16-27-23(18)21/h7-16,22H,17H2,1-6H3/t22-/m1/s1. The summed E-state index contributed by atoms with van der Waals surface area (Å²) in [6, 6.07) is 19.7. The number of hydrogen-bond acceptors (Lipinski definition) is 3. The lowest BCUT2D eigenvalue weighted by molar-refractivity contribution is 0.337. The van der Waals surface area contributed by atoms with Crippen LogP contribution in [-0.4, -0.2) is 23.4 Å². The number of fused-ring (bicyclic) bond motifs is 1. The molecule has 0 amide bonds. The topological polar surface area (TPSA) is 28.5 Å². The number of rotatable bonds is 2. The fraction of sp³-hybridized carbons (Fsp3) is 0.385. The number of anilines is 1. The van der Waals surface area contributed by atoms with E-state index in [0.29, 0.717) is 0 Å². The highest BCUT2D eigenvalue weighted by atomic mass is 15.3. The number of pyridine rings is 1. The zero-order chi connectivity index (χ0) is 20.8. The second-order valence-corrected chi connectivity index (χ2v) is 10.1. The second kappa shape index (κ2) is 6.98. The highest BCUT2D eigenvalue weighted by molar-refractivity contribution is 6.17. The van der Waals surface area contributed by atoms with E-state index in [0.717, 1.165) is 28.8 Å². The molecule has 4 rings (SSSR count). The van der Waals surface area contributed by atoms with Crippen LogP contribution in [0.3, 0.4) is 0 Å². The predicted octanol–water partition coefficient (Wildman–Crippen LogP) is 6.21. The molecular formula is C26H31N3.